The topological polar surface area (TPSA) is 78.9 Å². The Bertz CT molecular complexity index is 1690. The first-order chi connectivity index (χ1) is 40.5. The molecule has 0 bridgehead atoms. The Kier molecular flexibility index (Phi) is 65.8. The standard InChI is InChI=1S/C76H128O6/c1-4-7-10-13-15-17-19-21-23-25-27-29-31-33-34-35-36-37-38-39-40-41-42-43-45-46-48-50-52-54-56-58-60-63-66-69-75(78)81-72-73(71-80-74(77)68-65-62-12-9-6-3)82-76(79)70-67-64-61-59-57-55-53-51-49-47-44-32-30-28-26-24-22-20-18-16-14-11-8-5-2/h7,10,15,17,21,23,27,29,33-34,36-37,39-40,42-43,46,48,52,54,73H,4-6,8-9,11-14,16,18-20,22,24-26,28,30-32,35,38,41,44-45,47,49-51,53,55-72H2,1-3H3/b10-7-,17-15-,23-21-,29-27-,34-33-,37-36-,40-39-,43-42-,48-46-,54-52-. The van der Waals surface area contributed by atoms with E-state index in [0.717, 1.165) is 141 Å². The fourth-order valence-electron chi connectivity index (χ4n) is 9.59. The summed E-state index contributed by atoms with van der Waals surface area (Å²) in [6.45, 7) is 6.45. The molecule has 1 atom stereocenters. The summed E-state index contributed by atoms with van der Waals surface area (Å²) < 4.78 is 16.8. The Labute approximate surface area is 507 Å². The summed E-state index contributed by atoms with van der Waals surface area (Å²) >= 11 is 0. The summed E-state index contributed by atoms with van der Waals surface area (Å²) in [5.74, 6) is -0.916. The Morgan fingerprint density at radius 1 is 0.256 bits per heavy atom. The quantitative estimate of drug-likeness (QED) is 0.0261. The van der Waals surface area contributed by atoms with Crippen molar-refractivity contribution < 1.29 is 28.6 Å². The van der Waals surface area contributed by atoms with E-state index in [2.05, 4.69) is 142 Å². The van der Waals surface area contributed by atoms with Crippen LogP contribution in [0.5, 0.6) is 0 Å². The molecule has 0 spiro atoms. The van der Waals surface area contributed by atoms with Crippen molar-refractivity contribution in [2.45, 2.75) is 329 Å². The molecular formula is C76H128O6. The lowest BCUT2D eigenvalue weighted by molar-refractivity contribution is -0.167. The molecule has 1 unspecified atom stereocenters. The maximum atomic E-state index is 12.8. The third-order valence-corrected chi connectivity index (χ3v) is 14.7. The van der Waals surface area contributed by atoms with E-state index in [1.165, 1.54) is 141 Å². The minimum atomic E-state index is -0.786. The molecule has 0 fully saturated rings. The average Bonchev–Trinajstić information content (AvgIpc) is 3.48. The van der Waals surface area contributed by atoms with Crippen LogP contribution in [0.25, 0.3) is 0 Å². The molecule has 468 valence electrons. The van der Waals surface area contributed by atoms with E-state index in [1.807, 2.05) is 0 Å². The van der Waals surface area contributed by atoms with Crippen molar-refractivity contribution in [1.29, 1.82) is 0 Å². The van der Waals surface area contributed by atoms with Crippen molar-refractivity contribution in [2.24, 2.45) is 0 Å². The molecule has 0 aromatic heterocycles. The highest BCUT2D eigenvalue weighted by Crippen LogP contribution is 2.17. The van der Waals surface area contributed by atoms with Crippen LogP contribution in [0.1, 0.15) is 323 Å². The van der Waals surface area contributed by atoms with Crippen molar-refractivity contribution in [2.75, 3.05) is 13.2 Å². The fraction of sp³-hybridized carbons (Fsp3) is 0.697. The number of carbonyl (C=O) groups is 3. The SMILES string of the molecule is CC/C=C\C/C=C\C/C=C\C/C=C\C/C=C\C/C=C\C/C=C\C/C=C\C/C=C\C/C=C\CCCCCCC(=O)OCC(COC(=O)CCCCCCC)OC(=O)CCCCCCCCCCCCCCCCCCCCCCCCCC. The molecule has 82 heavy (non-hydrogen) atoms. The van der Waals surface area contributed by atoms with Gasteiger partial charge in [-0.3, -0.25) is 14.4 Å². The van der Waals surface area contributed by atoms with E-state index in [4.69, 9.17) is 14.2 Å². The van der Waals surface area contributed by atoms with Crippen LogP contribution in [0.15, 0.2) is 122 Å². The highest BCUT2D eigenvalue weighted by atomic mass is 16.6. The Hall–Kier alpha value is -4.19. The molecule has 0 amide bonds. The Morgan fingerprint density at radius 2 is 0.476 bits per heavy atom. The molecule has 0 aliphatic rings. The first-order valence-electron chi connectivity index (χ1n) is 34.5. The number of ether oxygens (including phenoxy) is 3. The van der Waals surface area contributed by atoms with Crippen LogP contribution in [0.2, 0.25) is 0 Å². The van der Waals surface area contributed by atoms with E-state index >= 15 is 0 Å². The van der Waals surface area contributed by atoms with Gasteiger partial charge in [0.1, 0.15) is 13.2 Å². The van der Waals surface area contributed by atoms with E-state index < -0.39 is 6.10 Å². The van der Waals surface area contributed by atoms with Gasteiger partial charge in [-0.15, -0.1) is 0 Å². The van der Waals surface area contributed by atoms with Gasteiger partial charge in [0.05, 0.1) is 0 Å². The molecule has 0 saturated heterocycles. The highest BCUT2D eigenvalue weighted by Gasteiger charge is 2.19. The van der Waals surface area contributed by atoms with Gasteiger partial charge in [0, 0.05) is 19.3 Å². The number of esters is 3. The summed E-state index contributed by atoms with van der Waals surface area (Å²) in [5, 5.41) is 0. The lowest BCUT2D eigenvalue weighted by Crippen LogP contribution is -2.30. The van der Waals surface area contributed by atoms with E-state index in [9.17, 15) is 14.4 Å². The lowest BCUT2D eigenvalue weighted by Gasteiger charge is -2.18. The maximum absolute atomic E-state index is 12.8. The number of hydrogen-bond acceptors (Lipinski definition) is 6. The summed E-state index contributed by atoms with van der Waals surface area (Å²) in [6.07, 6.45) is 97.0. The van der Waals surface area contributed by atoms with Crippen molar-refractivity contribution in [3.63, 3.8) is 0 Å². The third kappa shape index (κ3) is 66.6. The molecule has 0 N–H and O–H groups in total. The minimum Gasteiger partial charge on any atom is -0.462 e. The summed E-state index contributed by atoms with van der Waals surface area (Å²) in [7, 11) is 0. The summed E-state index contributed by atoms with van der Waals surface area (Å²) in [5.41, 5.74) is 0. The van der Waals surface area contributed by atoms with Crippen LogP contribution in [0.3, 0.4) is 0 Å². The van der Waals surface area contributed by atoms with Crippen LogP contribution in [-0.4, -0.2) is 37.2 Å². The molecule has 6 heteroatoms. The van der Waals surface area contributed by atoms with Crippen LogP contribution in [0, 0.1) is 0 Å². The van der Waals surface area contributed by atoms with Gasteiger partial charge in [-0.2, -0.15) is 0 Å². The van der Waals surface area contributed by atoms with Crippen molar-refractivity contribution in [3.05, 3.63) is 122 Å². The smallest absolute Gasteiger partial charge is 0.306 e. The number of rotatable bonds is 62. The molecule has 0 heterocycles. The maximum Gasteiger partial charge on any atom is 0.306 e. The second-order valence-electron chi connectivity index (χ2n) is 22.7. The van der Waals surface area contributed by atoms with Gasteiger partial charge in [0.25, 0.3) is 0 Å². The van der Waals surface area contributed by atoms with Crippen molar-refractivity contribution >= 4 is 17.9 Å². The largest absolute Gasteiger partial charge is 0.462 e. The molecule has 0 radical (unpaired) electrons. The Morgan fingerprint density at radius 3 is 0.744 bits per heavy atom. The first-order valence-corrected chi connectivity index (χ1v) is 34.5. The van der Waals surface area contributed by atoms with E-state index in [1.54, 1.807) is 0 Å². The van der Waals surface area contributed by atoms with Crippen LogP contribution < -0.4 is 0 Å². The lowest BCUT2D eigenvalue weighted by atomic mass is 10.0. The number of hydrogen-bond donors (Lipinski definition) is 0. The predicted molar refractivity (Wildman–Crippen MR) is 357 cm³/mol. The monoisotopic (exact) mass is 1140 g/mol. The van der Waals surface area contributed by atoms with Gasteiger partial charge in [0.2, 0.25) is 0 Å². The average molecular weight is 1140 g/mol. The van der Waals surface area contributed by atoms with Crippen LogP contribution in [0.4, 0.5) is 0 Å². The van der Waals surface area contributed by atoms with Crippen molar-refractivity contribution in [1.82, 2.24) is 0 Å². The van der Waals surface area contributed by atoms with Gasteiger partial charge in [0.15, 0.2) is 6.10 Å². The van der Waals surface area contributed by atoms with E-state index in [-0.39, 0.29) is 31.1 Å². The molecule has 0 aromatic carbocycles. The van der Waals surface area contributed by atoms with Gasteiger partial charge >= 0.3 is 17.9 Å². The third-order valence-electron chi connectivity index (χ3n) is 14.7. The van der Waals surface area contributed by atoms with Crippen LogP contribution in [-0.2, 0) is 28.6 Å². The van der Waals surface area contributed by atoms with Crippen LogP contribution >= 0.6 is 0 Å². The molecule has 0 aromatic rings. The Balaban J connectivity index is 4.08. The normalized spacial score (nSPS) is 12.9. The van der Waals surface area contributed by atoms with Gasteiger partial charge in [-0.05, 0) is 96.3 Å². The fourth-order valence-corrected chi connectivity index (χ4v) is 9.59. The first kappa shape index (κ1) is 77.8. The summed E-state index contributed by atoms with van der Waals surface area (Å²) in [4.78, 5) is 38.0. The van der Waals surface area contributed by atoms with E-state index in [0.29, 0.717) is 19.3 Å². The number of carbonyl (C=O) groups excluding carboxylic acids is 3. The zero-order valence-electron chi connectivity index (χ0n) is 53.7. The highest BCUT2D eigenvalue weighted by molar-refractivity contribution is 5.71. The van der Waals surface area contributed by atoms with Gasteiger partial charge < -0.3 is 14.2 Å². The zero-order chi connectivity index (χ0) is 59.2. The molecule has 6 nitrogen and oxygen atoms in total. The number of unbranched alkanes of at least 4 members (excludes halogenated alkanes) is 31. The van der Waals surface area contributed by atoms with Crippen molar-refractivity contribution in [3.8, 4) is 0 Å². The second-order valence-corrected chi connectivity index (χ2v) is 22.7. The second kappa shape index (κ2) is 69.3. The van der Waals surface area contributed by atoms with Gasteiger partial charge in [-0.1, -0.05) is 328 Å². The predicted octanol–water partition coefficient (Wildman–Crippen LogP) is 23.9. The molecular weight excluding hydrogens is 1010 g/mol. The molecule has 0 saturated carbocycles. The molecule has 0 aliphatic heterocycles. The zero-order valence-corrected chi connectivity index (χ0v) is 53.7. The minimum absolute atomic E-state index is 0.0856. The molecule has 0 rings (SSSR count). The number of allylic oxidation sites excluding steroid dienone is 20. The van der Waals surface area contributed by atoms with Gasteiger partial charge in [-0.25, -0.2) is 0 Å². The molecule has 0 aliphatic carbocycles. The summed E-state index contributed by atoms with van der Waals surface area (Å²) in [6, 6.07) is 0.